The lowest BCUT2D eigenvalue weighted by molar-refractivity contribution is 0.157. The van der Waals surface area contributed by atoms with Crippen LogP contribution in [0.15, 0.2) is 29.4 Å². The van der Waals surface area contributed by atoms with Gasteiger partial charge < -0.3 is 10.1 Å². The first-order chi connectivity index (χ1) is 13.3. The number of piperidine rings is 1. The summed E-state index contributed by atoms with van der Waals surface area (Å²) in [5.74, 6) is -0.292. The van der Waals surface area contributed by atoms with Crippen LogP contribution in [0.2, 0.25) is 0 Å². The highest BCUT2D eigenvalue weighted by atomic mass is 32.2. The van der Waals surface area contributed by atoms with Crippen LogP contribution in [0, 0.1) is 5.82 Å². The van der Waals surface area contributed by atoms with Gasteiger partial charge in [-0.05, 0) is 44.1 Å². The zero-order chi connectivity index (χ0) is 19.9. The van der Waals surface area contributed by atoms with E-state index in [0.717, 1.165) is 38.3 Å². The van der Waals surface area contributed by atoms with Crippen LogP contribution < -0.4 is 10.1 Å². The molecule has 1 fully saturated rings. The Kier molecular flexibility index (Phi) is 4.76. The quantitative estimate of drug-likeness (QED) is 0.705. The van der Waals surface area contributed by atoms with Crippen LogP contribution in [-0.2, 0) is 16.9 Å². The third-order valence-electron chi connectivity index (χ3n) is 4.77. The van der Waals surface area contributed by atoms with Crippen molar-refractivity contribution in [2.24, 2.45) is 7.05 Å². The molecule has 2 aromatic heterocycles. The third kappa shape index (κ3) is 3.45. The topological polar surface area (TPSA) is 99.0 Å². The van der Waals surface area contributed by atoms with Crippen LogP contribution in [-0.4, -0.2) is 53.6 Å². The summed E-state index contributed by atoms with van der Waals surface area (Å²) in [5, 5.41) is 7.71. The second kappa shape index (κ2) is 7.10. The molecule has 0 unspecified atom stereocenters. The predicted molar refractivity (Wildman–Crippen MR) is 101 cm³/mol. The van der Waals surface area contributed by atoms with E-state index < -0.39 is 15.7 Å². The number of fused-ring (bicyclic) bond motifs is 1. The molecule has 1 N–H and O–H groups in total. The second-order valence-electron chi connectivity index (χ2n) is 6.83. The van der Waals surface area contributed by atoms with E-state index in [-0.39, 0.29) is 16.6 Å². The van der Waals surface area contributed by atoms with Crippen molar-refractivity contribution in [2.75, 3.05) is 19.3 Å². The summed E-state index contributed by atoms with van der Waals surface area (Å²) in [7, 11) is -1.82. The Balaban J connectivity index is 1.78. The molecule has 0 aliphatic carbocycles. The van der Waals surface area contributed by atoms with E-state index in [0.29, 0.717) is 22.6 Å². The number of ether oxygens (including phenoxy) is 1. The summed E-state index contributed by atoms with van der Waals surface area (Å²) < 4.78 is 45.6. The maximum atomic E-state index is 14.7. The summed E-state index contributed by atoms with van der Waals surface area (Å²) in [6.07, 6.45) is 4.18. The molecule has 0 spiro atoms. The molecule has 3 aromatic rings. The van der Waals surface area contributed by atoms with Gasteiger partial charge in [-0.2, -0.15) is 10.1 Å². The van der Waals surface area contributed by atoms with Gasteiger partial charge in [0.15, 0.2) is 15.4 Å². The molecule has 3 heterocycles. The molecule has 148 valence electrons. The molecule has 4 rings (SSSR count). The molecule has 8 nitrogen and oxygen atoms in total. The molecule has 1 aromatic carbocycles. The zero-order valence-corrected chi connectivity index (χ0v) is 16.3. The molecule has 1 aliphatic heterocycles. The number of benzene rings is 1. The maximum Gasteiger partial charge on any atom is 0.245 e. The summed E-state index contributed by atoms with van der Waals surface area (Å²) in [6, 6.07) is 3.81. The minimum atomic E-state index is -3.50. The summed E-state index contributed by atoms with van der Waals surface area (Å²) in [4.78, 5) is 8.41. The van der Waals surface area contributed by atoms with Crippen molar-refractivity contribution in [2.45, 2.75) is 23.8 Å². The standard InChI is InChI=1S/C18H20FN5O3S/c1-24-17(13-4-3-12(9-14(13)19)28(2,25)26)15-16(23-24)18(22-10-21-15)27-11-5-7-20-8-6-11/h3-4,9-11,20H,5-8H2,1-2H3. The minimum Gasteiger partial charge on any atom is -0.473 e. The Hall–Kier alpha value is -2.59. The number of rotatable bonds is 4. The van der Waals surface area contributed by atoms with Crippen molar-refractivity contribution in [3.05, 3.63) is 30.3 Å². The van der Waals surface area contributed by atoms with Crippen molar-refractivity contribution < 1.29 is 17.5 Å². The SMILES string of the molecule is Cn1nc2c(OC3CCNCC3)ncnc2c1-c1ccc(S(C)(=O)=O)cc1F. The van der Waals surface area contributed by atoms with E-state index in [1.807, 2.05) is 0 Å². The van der Waals surface area contributed by atoms with Crippen molar-refractivity contribution in [3.8, 4) is 17.1 Å². The summed E-state index contributed by atoms with van der Waals surface area (Å²) in [5.41, 5.74) is 1.55. The van der Waals surface area contributed by atoms with Crippen LogP contribution >= 0.6 is 0 Å². The van der Waals surface area contributed by atoms with Crippen LogP contribution in [0.4, 0.5) is 4.39 Å². The fraction of sp³-hybridized carbons (Fsp3) is 0.389. The number of nitrogens with one attached hydrogen (secondary N) is 1. The Labute approximate surface area is 161 Å². The molecule has 0 radical (unpaired) electrons. The van der Waals surface area contributed by atoms with Crippen LogP contribution in [0.1, 0.15) is 12.8 Å². The number of aromatic nitrogens is 4. The number of aryl methyl sites for hydroxylation is 1. The average Bonchev–Trinajstić information content (AvgIpc) is 2.99. The predicted octanol–water partition coefficient (Wildman–Crippen LogP) is 1.70. The van der Waals surface area contributed by atoms with E-state index in [4.69, 9.17) is 4.74 Å². The van der Waals surface area contributed by atoms with Crippen molar-refractivity contribution >= 4 is 20.9 Å². The fourth-order valence-electron chi connectivity index (χ4n) is 3.36. The highest BCUT2D eigenvalue weighted by Gasteiger charge is 2.23. The van der Waals surface area contributed by atoms with E-state index in [1.54, 1.807) is 7.05 Å². The Morgan fingerprint density at radius 2 is 1.96 bits per heavy atom. The molecule has 0 saturated carbocycles. The fourth-order valence-corrected chi connectivity index (χ4v) is 3.99. The van der Waals surface area contributed by atoms with Crippen molar-refractivity contribution in [3.63, 3.8) is 0 Å². The average molecular weight is 405 g/mol. The Morgan fingerprint density at radius 1 is 1.21 bits per heavy atom. The van der Waals surface area contributed by atoms with E-state index in [9.17, 15) is 12.8 Å². The first kappa shape index (κ1) is 18.8. The lowest BCUT2D eigenvalue weighted by Gasteiger charge is -2.23. The molecule has 0 amide bonds. The highest BCUT2D eigenvalue weighted by Crippen LogP contribution is 2.33. The number of nitrogens with zero attached hydrogens (tertiary/aromatic N) is 4. The zero-order valence-electron chi connectivity index (χ0n) is 15.5. The minimum absolute atomic E-state index is 0.0376. The molecular weight excluding hydrogens is 385 g/mol. The number of hydrogen-bond acceptors (Lipinski definition) is 7. The van der Waals surface area contributed by atoms with Gasteiger partial charge in [-0.1, -0.05) is 0 Å². The first-order valence-corrected chi connectivity index (χ1v) is 10.8. The lowest BCUT2D eigenvalue weighted by Crippen LogP contribution is -2.34. The molecule has 28 heavy (non-hydrogen) atoms. The molecule has 10 heteroatoms. The van der Waals surface area contributed by atoms with Gasteiger partial charge >= 0.3 is 0 Å². The van der Waals surface area contributed by atoms with Crippen molar-refractivity contribution in [1.82, 2.24) is 25.1 Å². The van der Waals surface area contributed by atoms with E-state index >= 15 is 0 Å². The summed E-state index contributed by atoms with van der Waals surface area (Å²) >= 11 is 0. The number of sulfone groups is 1. The van der Waals surface area contributed by atoms with Gasteiger partial charge in [-0.25, -0.2) is 17.8 Å². The smallest absolute Gasteiger partial charge is 0.245 e. The van der Waals surface area contributed by atoms with Crippen LogP contribution in [0.5, 0.6) is 5.88 Å². The van der Waals surface area contributed by atoms with Gasteiger partial charge in [0.05, 0.1) is 10.6 Å². The highest BCUT2D eigenvalue weighted by molar-refractivity contribution is 7.90. The second-order valence-corrected chi connectivity index (χ2v) is 8.85. The molecule has 0 bridgehead atoms. The monoisotopic (exact) mass is 405 g/mol. The van der Waals surface area contributed by atoms with Gasteiger partial charge in [-0.15, -0.1) is 0 Å². The normalized spacial score (nSPS) is 15.8. The van der Waals surface area contributed by atoms with Crippen LogP contribution in [0.25, 0.3) is 22.3 Å². The molecule has 0 atom stereocenters. The Bertz CT molecular complexity index is 1140. The van der Waals surface area contributed by atoms with E-state index in [2.05, 4.69) is 20.4 Å². The van der Waals surface area contributed by atoms with Crippen molar-refractivity contribution in [1.29, 1.82) is 0 Å². The van der Waals surface area contributed by atoms with Gasteiger partial charge in [-0.3, -0.25) is 4.68 Å². The van der Waals surface area contributed by atoms with Gasteiger partial charge in [0.2, 0.25) is 5.88 Å². The first-order valence-electron chi connectivity index (χ1n) is 8.89. The van der Waals surface area contributed by atoms with Gasteiger partial charge in [0.1, 0.15) is 23.8 Å². The maximum absolute atomic E-state index is 14.7. The van der Waals surface area contributed by atoms with Gasteiger partial charge in [0.25, 0.3) is 0 Å². The van der Waals surface area contributed by atoms with Gasteiger partial charge in [0, 0.05) is 18.9 Å². The number of halogens is 1. The number of hydrogen-bond donors (Lipinski definition) is 1. The largest absolute Gasteiger partial charge is 0.473 e. The molecule has 1 aliphatic rings. The Morgan fingerprint density at radius 3 is 2.64 bits per heavy atom. The molecule has 1 saturated heterocycles. The lowest BCUT2D eigenvalue weighted by atomic mass is 10.1. The molecular formula is C18H20FN5O3S. The summed E-state index contributed by atoms with van der Waals surface area (Å²) in [6.45, 7) is 1.76. The third-order valence-corrected chi connectivity index (χ3v) is 5.89. The van der Waals surface area contributed by atoms with Crippen LogP contribution in [0.3, 0.4) is 0 Å². The van der Waals surface area contributed by atoms with E-state index in [1.165, 1.54) is 23.1 Å².